The monoisotopic (exact) mass is 182 g/mol. The van der Waals surface area contributed by atoms with Gasteiger partial charge in [0.1, 0.15) is 0 Å². The summed E-state index contributed by atoms with van der Waals surface area (Å²) in [6, 6.07) is 4.03. The first kappa shape index (κ1) is 7.90. The van der Waals surface area contributed by atoms with Gasteiger partial charge in [0.2, 0.25) is 0 Å². The van der Waals surface area contributed by atoms with Crippen molar-refractivity contribution in [2.75, 3.05) is 12.4 Å². The average molecular weight is 183 g/mol. The summed E-state index contributed by atoms with van der Waals surface area (Å²) in [6.07, 6.45) is 0. The van der Waals surface area contributed by atoms with Gasteiger partial charge in [-0.3, -0.25) is 0 Å². The van der Waals surface area contributed by atoms with Gasteiger partial charge in [0.25, 0.3) is 0 Å². The Morgan fingerprint density at radius 3 is 3.00 bits per heavy atom. The van der Waals surface area contributed by atoms with Crippen molar-refractivity contribution < 1.29 is 0 Å². The van der Waals surface area contributed by atoms with Crippen LogP contribution < -0.4 is 10.6 Å². The number of hydrogen-bond donors (Lipinski definition) is 2. The molecular weight excluding hydrogens is 172 g/mol. The molecular formula is C9H11ClN2. The molecule has 12 heavy (non-hydrogen) atoms. The summed E-state index contributed by atoms with van der Waals surface area (Å²) in [5.74, 6) is 0. The Labute approximate surface area is 76.9 Å². The van der Waals surface area contributed by atoms with E-state index in [1.54, 1.807) is 0 Å². The lowest BCUT2D eigenvalue weighted by Gasteiger charge is -2.08. The topological polar surface area (TPSA) is 24.1 Å². The van der Waals surface area contributed by atoms with E-state index >= 15 is 0 Å². The zero-order chi connectivity index (χ0) is 8.55. The molecule has 0 saturated heterocycles. The summed E-state index contributed by atoms with van der Waals surface area (Å²) in [5, 5.41) is 7.22. The molecule has 0 saturated carbocycles. The van der Waals surface area contributed by atoms with Gasteiger partial charge < -0.3 is 10.6 Å². The van der Waals surface area contributed by atoms with E-state index in [2.05, 4.69) is 16.7 Å². The number of anilines is 1. The molecule has 0 aromatic heterocycles. The van der Waals surface area contributed by atoms with E-state index in [9.17, 15) is 0 Å². The zero-order valence-corrected chi connectivity index (χ0v) is 7.70. The third-order valence-corrected chi connectivity index (χ3v) is 2.54. The minimum absolute atomic E-state index is 0.806. The lowest BCUT2D eigenvalue weighted by Crippen LogP contribution is -2.01. The fraction of sp³-hybridized carbons (Fsp3) is 0.333. The van der Waals surface area contributed by atoms with Gasteiger partial charge in [0.15, 0.2) is 0 Å². The van der Waals surface area contributed by atoms with Gasteiger partial charge in [-0.05, 0) is 17.2 Å². The zero-order valence-electron chi connectivity index (χ0n) is 6.95. The number of halogens is 1. The summed E-state index contributed by atoms with van der Waals surface area (Å²) in [4.78, 5) is 0. The van der Waals surface area contributed by atoms with Crippen molar-refractivity contribution in [3.05, 3.63) is 28.3 Å². The molecule has 1 aliphatic rings. The highest BCUT2D eigenvalue weighted by molar-refractivity contribution is 6.33. The molecule has 0 bridgehead atoms. The summed E-state index contributed by atoms with van der Waals surface area (Å²) in [6.45, 7) is 1.88. The molecule has 2 N–H and O–H groups in total. The molecule has 0 fully saturated rings. The third-order valence-electron chi connectivity index (χ3n) is 2.23. The van der Waals surface area contributed by atoms with Crippen molar-refractivity contribution in [1.82, 2.24) is 5.32 Å². The first-order valence-corrected chi connectivity index (χ1v) is 4.39. The Kier molecular flexibility index (Phi) is 1.95. The van der Waals surface area contributed by atoms with Crippen LogP contribution in [-0.2, 0) is 13.1 Å². The van der Waals surface area contributed by atoms with Crippen LogP contribution in [0.15, 0.2) is 12.1 Å². The highest BCUT2D eigenvalue weighted by Gasteiger charge is 2.15. The van der Waals surface area contributed by atoms with Crippen molar-refractivity contribution in [3.8, 4) is 0 Å². The normalized spacial score (nSPS) is 14.5. The van der Waals surface area contributed by atoms with E-state index in [1.165, 1.54) is 11.1 Å². The summed E-state index contributed by atoms with van der Waals surface area (Å²) in [5.41, 5.74) is 3.73. The molecule has 0 aliphatic carbocycles. The van der Waals surface area contributed by atoms with E-state index in [0.717, 1.165) is 23.8 Å². The van der Waals surface area contributed by atoms with Crippen molar-refractivity contribution in [2.24, 2.45) is 0 Å². The van der Waals surface area contributed by atoms with Crippen molar-refractivity contribution in [2.45, 2.75) is 13.1 Å². The molecule has 0 atom stereocenters. The second kappa shape index (κ2) is 2.96. The van der Waals surface area contributed by atoms with E-state index in [0.29, 0.717) is 0 Å². The predicted molar refractivity (Wildman–Crippen MR) is 51.5 cm³/mol. The smallest absolute Gasteiger partial charge is 0.0640 e. The quantitative estimate of drug-likeness (QED) is 0.694. The minimum atomic E-state index is 0.806. The van der Waals surface area contributed by atoms with Crippen LogP contribution in [0.25, 0.3) is 0 Å². The summed E-state index contributed by atoms with van der Waals surface area (Å²) < 4.78 is 0. The maximum Gasteiger partial charge on any atom is 0.0640 e. The van der Waals surface area contributed by atoms with Crippen molar-refractivity contribution >= 4 is 17.3 Å². The van der Waals surface area contributed by atoms with E-state index in [4.69, 9.17) is 11.6 Å². The van der Waals surface area contributed by atoms with E-state index in [-0.39, 0.29) is 0 Å². The third kappa shape index (κ3) is 1.08. The van der Waals surface area contributed by atoms with Crippen LogP contribution in [0.5, 0.6) is 0 Å². The molecule has 0 radical (unpaired) electrons. The van der Waals surface area contributed by atoms with Gasteiger partial charge >= 0.3 is 0 Å². The van der Waals surface area contributed by atoms with Gasteiger partial charge in [-0.25, -0.2) is 0 Å². The SMILES string of the molecule is CNc1c(Cl)ccc2c1CNC2. The Morgan fingerprint density at radius 1 is 1.42 bits per heavy atom. The van der Waals surface area contributed by atoms with Crippen LogP contribution in [0.4, 0.5) is 5.69 Å². The number of benzene rings is 1. The molecule has 1 aromatic rings. The molecule has 2 nitrogen and oxygen atoms in total. The minimum Gasteiger partial charge on any atom is -0.387 e. The number of fused-ring (bicyclic) bond motifs is 1. The standard InChI is InChI=1S/C9H11ClN2/c1-11-9-7-5-12-4-6(7)2-3-8(9)10/h2-3,11-12H,4-5H2,1H3. The average Bonchev–Trinajstić information content (AvgIpc) is 2.52. The highest BCUT2D eigenvalue weighted by Crippen LogP contribution is 2.30. The van der Waals surface area contributed by atoms with Crippen LogP contribution >= 0.6 is 11.6 Å². The van der Waals surface area contributed by atoms with Crippen molar-refractivity contribution in [1.29, 1.82) is 0 Å². The number of nitrogens with one attached hydrogen (secondary N) is 2. The maximum atomic E-state index is 6.02. The lowest BCUT2D eigenvalue weighted by molar-refractivity contribution is 0.765. The van der Waals surface area contributed by atoms with Gasteiger partial charge in [-0.15, -0.1) is 0 Å². The molecule has 1 aliphatic heterocycles. The highest BCUT2D eigenvalue weighted by atomic mass is 35.5. The Balaban J connectivity index is 2.57. The predicted octanol–water partition coefficient (Wildman–Crippen LogP) is 1.98. The maximum absolute atomic E-state index is 6.02. The van der Waals surface area contributed by atoms with Gasteiger partial charge in [0, 0.05) is 20.1 Å². The van der Waals surface area contributed by atoms with Crippen molar-refractivity contribution in [3.63, 3.8) is 0 Å². The second-order valence-corrected chi connectivity index (χ2v) is 3.32. The lowest BCUT2D eigenvalue weighted by atomic mass is 10.1. The van der Waals surface area contributed by atoms with Crippen LogP contribution in [-0.4, -0.2) is 7.05 Å². The van der Waals surface area contributed by atoms with Gasteiger partial charge in [-0.2, -0.15) is 0 Å². The molecule has 0 spiro atoms. The fourth-order valence-corrected chi connectivity index (χ4v) is 1.89. The summed E-state index contributed by atoms with van der Waals surface area (Å²) in [7, 11) is 1.90. The molecule has 2 rings (SSSR count). The van der Waals surface area contributed by atoms with Gasteiger partial charge in [-0.1, -0.05) is 17.7 Å². The number of hydrogen-bond acceptors (Lipinski definition) is 2. The Morgan fingerprint density at radius 2 is 2.25 bits per heavy atom. The van der Waals surface area contributed by atoms with Gasteiger partial charge in [0.05, 0.1) is 10.7 Å². The molecule has 3 heteroatoms. The summed E-state index contributed by atoms with van der Waals surface area (Å²) >= 11 is 6.02. The van der Waals surface area contributed by atoms with E-state index in [1.807, 2.05) is 13.1 Å². The molecule has 0 unspecified atom stereocenters. The van der Waals surface area contributed by atoms with Crippen LogP contribution in [0, 0.1) is 0 Å². The first-order chi connectivity index (χ1) is 5.83. The molecule has 64 valence electrons. The van der Waals surface area contributed by atoms with Crippen LogP contribution in [0.3, 0.4) is 0 Å². The van der Waals surface area contributed by atoms with Crippen LogP contribution in [0.2, 0.25) is 5.02 Å². The Bertz CT molecular complexity index is 310. The molecule has 1 heterocycles. The fourth-order valence-electron chi connectivity index (χ4n) is 1.62. The Hall–Kier alpha value is -0.730. The number of rotatable bonds is 1. The van der Waals surface area contributed by atoms with Crippen LogP contribution in [0.1, 0.15) is 11.1 Å². The second-order valence-electron chi connectivity index (χ2n) is 2.91. The molecule has 0 amide bonds. The van der Waals surface area contributed by atoms with E-state index < -0.39 is 0 Å². The largest absolute Gasteiger partial charge is 0.387 e. The first-order valence-electron chi connectivity index (χ1n) is 4.01. The molecule has 1 aromatic carbocycles.